The first-order valence-corrected chi connectivity index (χ1v) is 14.6. The fourth-order valence-corrected chi connectivity index (χ4v) is 7.66. The molecule has 5 atom stereocenters. The van der Waals surface area contributed by atoms with Crippen molar-refractivity contribution >= 4 is 0 Å². The second kappa shape index (κ2) is 11.8. The molecule has 3 saturated carbocycles. The zero-order valence-corrected chi connectivity index (χ0v) is 23.7. The number of fused-ring (bicyclic) bond motifs is 1. The van der Waals surface area contributed by atoms with Crippen LogP contribution in [0.15, 0.2) is 35.5 Å². The maximum atomic E-state index is 10.3. The third kappa shape index (κ3) is 7.79. The lowest BCUT2D eigenvalue weighted by atomic mass is 9.60. The number of aliphatic hydroxyl groups excluding tert-OH is 2. The van der Waals surface area contributed by atoms with Crippen LogP contribution in [-0.4, -0.2) is 43.8 Å². The van der Waals surface area contributed by atoms with Gasteiger partial charge in [-0.3, -0.25) is 0 Å². The highest BCUT2D eigenvalue weighted by Gasteiger charge is 2.51. The van der Waals surface area contributed by atoms with Gasteiger partial charge in [0.25, 0.3) is 0 Å². The predicted molar refractivity (Wildman–Crippen MR) is 149 cm³/mol. The Kier molecular flexibility index (Phi) is 9.74. The molecule has 0 radical (unpaired) electrons. The minimum atomic E-state index is -0.639. The molecule has 0 bridgehead atoms. The molecule has 0 amide bonds. The van der Waals surface area contributed by atoms with Crippen molar-refractivity contribution in [2.45, 2.75) is 141 Å². The van der Waals surface area contributed by atoms with Crippen LogP contribution in [0.4, 0.5) is 0 Å². The Hall–Kier alpha value is -0.940. The summed E-state index contributed by atoms with van der Waals surface area (Å²) in [5.41, 5.74) is 2.36. The van der Waals surface area contributed by atoms with E-state index in [9.17, 15) is 20.4 Å². The summed E-state index contributed by atoms with van der Waals surface area (Å²) >= 11 is 0. The largest absolute Gasteiger partial charge is 0.393 e. The Balaban J connectivity index is 1.77. The molecule has 0 heterocycles. The zero-order valence-electron chi connectivity index (χ0n) is 23.7. The Labute approximate surface area is 220 Å². The molecule has 0 aromatic rings. The van der Waals surface area contributed by atoms with Crippen molar-refractivity contribution < 1.29 is 20.4 Å². The summed E-state index contributed by atoms with van der Waals surface area (Å²) in [6.45, 7) is 14.3. The van der Waals surface area contributed by atoms with Gasteiger partial charge in [0.05, 0.1) is 23.4 Å². The number of hydrogen-bond donors (Lipinski definition) is 4. The van der Waals surface area contributed by atoms with Gasteiger partial charge in [0.2, 0.25) is 0 Å². The molecule has 2 unspecified atom stereocenters. The summed E-state index contributed by atoms with van der Waals surface area (Å²) in [7, 11) is 0. The van der Waals surface area contributed by atoms with E-state index in [2.05, 4.69) is 25.7 Å². The van der Waals surface area contributed by atoms with E-state index in [1.165, 1.54) is 31.3 Å². The van der Waals surface area contributed by atoms with Crippen molar-refractivity contribution in [2.75, 3.05) is 0 Å². The van der Waals surface area contributed by atoms with Crippen molar-refractivity contribution in [1.82, 2.24) is 0 Å². The van der Waals surface area contributed by atoms with Gasteiger partial charge in [-0.25, -0.2) is 0 Å². The van der Waals surface area contributed by atoms with Gasteiger partial charge >= 0.3 is 0 Å². The van der Waals surface area contributed by atoms with Gasteiger partial charge in [-0.05, 0) is 113 Å². The second-order valence-electron chi connectivity index (χ2n) is 13.8. The van der Waals surface area contributed by atoms with Crippen LogP contribution in [-0.2, 0) is 0 Å². The van der Waals surface area contributed by atoms with Gasteiger partial charge < -0.3 is 20.4 Å². The minimum absolute atomic E-state index is 0.291. The van der Waals surface area contributed by atoms with Crippen LogP contribution in [0.25, 0.3) is 0 Å². The third-order valence-electron chi connectivity index (χ3n) is 9.60. The van der Waals surface area contributed by atoms with Crippen LogP contribution >= 0.6 is 0 Å². The average Bonchev–Trinajstić information content (AvgIpc) is 3.10. The van der Waals surface area contributed by atoms with Crippen LogP contribution in [0.5, 0.6) is 0 Å². The lowest BCUT2D eigenvalue weighted by Crippen LogP contribution is -2.37. The van der Waals surface area contributed by atoms with E-state index in [0.717, 1.165) is 56.1 Å². The molecule has 206 valence electrons. The Bertz CT molecular complexity index is 791. The van der Waals surface area contributed by atoms with E-state index in [1.807, 2.05) is 27.7 Å². The van der Waals surface area contributed by atoms with E-state index in [4.69, 9.17) is 0 Å². The number of aliphatic hydroxyl groups is 4. The number of hydrogen-bond acceptors (Lipinski definition) is 4. The van der Waals surface area contributed by atoms with Gasteiger partial charge in [-0.2, -0.15) is 0 Å². The normalized spacial score (nSPS) is 34.1. The minimum Gasteiger partial charge on any atom is -0.393 e. The van der Waals surface area contributed by atoms with E-state index >= 15 is 0 Å². The average molecular weight is 503 g/mol. The fraction of sp³-hybridized carbons (Fsp3) is 0.812. The van der Waals surface area contributed by atoms with Crippen LogP contribution < -0.4 is 0 Å². The molecule has 0 aliphatic heterocycles. The maximum absolute atomic E-state index is 10.3. The topological polar surface area (TPSA) is 80.9 Å². The molecule has 4 nitrogen and oxygen atoms in total. The van der Waals surface area contributed by atoms with Crippen molar-refractivity contribution in [3.05, 3.63) is 35.5 Å². The Morgan fingerprint density at radius 2 is 1.61 bits per heavy atom. The van der Waals surface area contributed by atoms with Crippen LogP contribution in [0, 0.1) is 23.2 Å². The standard InChI is InChI=1S/C32H54O4/c1-22-25(20-26(33)21-29(22)34)14-13-24-12-9-19-32(6)27(15-16-28(24)32)23(10-7-17-30(2,3)35)11-8-18-31(4,5)36/h13-14,23,26-29,33-36H,1,7-12,15-21H2,2-6H3/t26?,27-,28?,29+,32-/m1/s1. The Morgan fingerprint density at radius 3 is 2.19 bits per heavy atom. The lowest BCUT2D eigenvalue weighted by molar-refractivity contribution is 0.0480. The highest BCUT2D eigenvalue weighted by molar-refractivity contribution is 5.38. The first kappa shape index (κ1) is 29.6. The molecule has 36 heavy (non-hydrogen) atoms. The molecule has 0 aromatic heterocycles. The second-order valence-corrected chi connectivity index (χ2v) is 13.8. The van der Waals surface area contributed by atoms with Crippen LogP contribution in [0.1, 0.15) is 118 Å². The summed E-state index contributed by atoms with van der Waals surface area (Å²) in [5, 5.41) is 40.9. The molecule has 0 spiro atoms. The van der Waals surface area contributed by atoms with Crippen LogP contribution in [0.3, 0.4) is 0 Å². The molecule has 0 aromatic carbocycles. The van der Waals surface area contributed by atoms with Gasteiger partial charge in [0, 0.05) is 6.42 Å². The van der Waals surface area contributed by atoms with Gasteiger partial charge in [-0.15, -0.1) is 0 Å². The molecule has 3 aliphatic carbocycles. The molecular weight excluding hydrogens is 448 g/mol. The fourth-order valence-electron chi connectivity index (χ4n) is 7.66. The highest BCUT2D eigenvalue weighted by Crippen LogP contribution is 2.60. The molecule has 3 rings (SSSR count). The first-order valence-electron chi connectivity index (χ1n) is 14.6. The smallest absolute Gasteiger partial charge is 0.0811 e. The van der Waals surface area contributed by atoms with Crippen LogP contribution in [0.2, 0.25) is 0 Å². The third-order valence-corrected chi connectivity index (χ3v) is 9.60. The van der Waals surface area contributed by atoms with E-state index in [-0.39, 0.29) is 0 Å². The molecular formula is C32H54O4. The van der Waals surface area contributed by atoms with Gasteiger partial charge in [0.15, 0.2) is 0 Å². The molecule has 4 N–H and O–H groups in total. The summed E-state index contributed by atoms with van der Waals surface area (Å²) in [4.78, 5) is 0. The highest BCUT2D eigenvalue weighted by atomic mass is 16.3. The number of allylic oxidation sites excluding steroid dienone is 3. The number of rotatable bonds is 10. The molecule has 3 aliphatic rings. The van der Waals surface area contributed by atoms with E-state index in [1.54, 1.807) is 0 Å². The Morgan fingerprint density at radius 1 is 1.00 bits per heavy atom. The van der Waals surface area contributed by atoms with E-state index in [0.29, 0.717) is 36.0 Å². The predicted octanol–water partition coefficient (Wildman–Crippen LogP) is 6.63. The van der Waals surface area contributed by atoms with Crippen molar-refractivity contribution in [3.63, 3.8) is 0 Å². The van der Waals surface area contributed by atoms with Crippen molar-refractivity contribution in [3.8, 4) is 0 Å². The first-order chi connectivity index (χ1) is 16.7. The monoisotopic (exact) mass is 502 g/mol. The maximum Gasteiger partial charge on any atom is 0.0811 e. The van der Waals surface area contributed by atoms with Crippen molar-refractivity contribution in [2.24, 2.45) is 23.2 Å². The molecule has 4 heteroatoms. The lowest BCUT2D eigenvalue weighted by Gasteiger charge is -2.45. The summed E-state index contributed by atoms with van der Waals surface area (Å²) in [5.74, 6) is 1.90. The molecule has 0 saturated heterocycles. The van der Waals surface area contributed by atoms with Gasteiger partial charge in [0.1, 0.15) is 0 Å². The SMILES string of the molecule is C=C1C(=CC=C2CCC[C@@]3(C)C2CC[C@@H]3C(CCCC(C)(C)O)CCCC(C)(C)O)CC(O)C[C@@H]1O. The summed E-state index contributed by atoms with van der Waals surface area (Å²) < 4.78 is 0. The summed E-state index contributed by atoms with van der Waals surface area (Å²) in [6.07, 6.45) is 16.5. The zero-order chi connectivity index (χ0) is 26.7. The van der Waals surface area contributed by atoms with Crippen molar-refractivity contribution in [1.29, 1.82) is 0 Å². The summed E-state index contributed by atoms with van der Waals surface area (Å²) in [6, 6.07) is 0. The molecule has 3 fully saturated rings. The van der Waals surface area contributed by atoms with Gasteiger partial charge in [-0.1, -0.05) is 56.9 Å². The van der Waals surface area contributed by atoms with E-state index < -0.39 is 23.4 Å². The quantitative estimate of drug-likeness (QED) is 0.270.